The fourth-order valence-corrected chi connectivity index (χ4v) is 3.06. The highest BCUT2D eigenvalue weighted by Crippen LogP contribution is 2.32. The van der Waals surface area contributed by atoms with E-state index in [1.807, 2.05) is 0 Å². The molecule has 1 fully saturated rings. The van der Waals surface area contributed by atoms with Gasteiger partial charge >= 0.3 is 6.18 Å². The molecule has 0 spiro atoms. The van der Waals surface area contributed by atoms with Crippen molar-refractivity contribution >= 4 is 11.6 Å². The number of alkyl halides is 3. The lowest BCUT2D eigenvalue weighted by Crippen LogP contribution is -2.43. The predicted octanol–water partition coefficient (Wildman–Crippen LogP) is 3.39. The highest BCUT2D eigenvalue weighted by molar-refractivity contribution is 6.04. The summed E-state index contributed by atoms with van der Waals surface area (Å²) in [6.07, 6.45) is -4.48. The molecule has 2 aromatic rings. The molecule has 1 amide bonds. The number of halogens is 3. The summed E-state index contributed by atoms with van der Waals surface area (Å²) in [5, 5.41) is 0. The van der Waals surface area contributed by atoms with Crippen LogP contribution in [-0.2, 0) is 10.9 Å². The minimum absolute atomic E-state index is 0.205. The van der Waals surface area contributed by atoms with E-state index in [2.05, 4.69) is 9.88 Å². The van der Waals surface area contributed by atoms with E-state index < -0.39 is 17.6 Å². The number of anilines is 1. The van der Waals surface area contributed by atoms with E-state index in [0.717, 1.165) is 25.2 Å². The van der Waals surface area contributed by atoms with Crippen molar-refractivity contribution < 1.29 is 22.7 Å². The average Bonchev–Trinajstić information content (AvgIpc) is 2.68. The molecule has 1 saturated heterocycles. The van der Waals surface area contributed by atoms with Crippen molar-refractivity contribution in [1.82, 2.24) is 9.88 Å². The van der Waals surface area contributed by atoms with Crippen molar-refractivity contribution in [2.24, 2.45) is 0 Å². The van der Waals surface area contributed by atoms with Gasteiger partial charge in [-0.25, -0.2) is 4.98 Å². The average molecular weight is 393 g/mol. The van der Waals surface area contributed by atoms with Crippen LogP contribution in [0.2, 0.25) is 0 Å². The third kappa shape index (κ3) is 5.08. The van der Waals surface area contributed by atoms with E-state index in [-0.39, 0.29) is 17.9 Å². The molecule has 0 N–H and O–H groups in total. The molecular weight excluding hydrogens is 371 g/mol. The van der Waals surface area contributed by atoms with Gasteiger partial charge in [-0.1, -0.05) is 12.1 Å². The number of hydrogen-bond donors (Lipinski definition) is 0. The molecule has 1 aromatic heterocycles. The summed E-state index contributed by atoms with van der Waals surface area (Å²) >= 11 is 0. The minimum Gasteiger partial charge on any atom is -0.379 e. The van der Waals surface area contributed by atoms with Crippen molar-refractivity contribution in [3.63, 3.8) is 0 Å². The Bertz CT molecular complexity index is 820. The van der Waals surface area contributed by atoms with E-state index in [1.54, 1.807) is 25.1 Å². The Kier molecular flexibility index (Phi) is 6.31. The molecule has 8 heteroatoms. The summed E-state index contributed by atoms with van der Waals surface area (Å²) in [4.78, 5) is 20.8. The van der Waals surface area contributed by atoms with Gasteiger partial charge in [0.25, 0.3) is 5.91 Å². The van der Waals surface area contributed by atoms with Gasteiger partial charge in [-0.2, -0.15) is 13.2 Å². The lowest BCUT2D eigenvalue weighted by atomic mass is 10.1. The monoisotopic (exact) mass is 393 g/mol. The standard InChI is InChI=1S/C20H22F3N3O2/c1-15-4-2-7-18(24-15)19(27)26(9-8-25-10-12-28-13-11-25)17-6-3-5-16(14-17)20(21,22)23/h2-7,14H,8-13H2,1H3. The van der Waals surface area contributed by atoms with E-state index >= 15 is 0 Å². The normalized spacial score (nSPS) is 15.4. The molecule has 1 aromatic carbocycles. The highest BCUT2D eigenvalue weighted by Gasteiger charge is 2.31. The molecule has 0 bridgehead atoms. The van der Waals surface area contributed by atoms with Gasteiger partial charge in [0.2, 0.25) is 0 Å². The largest absolute Gasteiger partial charge is 0.416 e. The minimum atomic E-state index is -4.48. The number of rotatable bonds is 5. The first-order valence-electron chi connectivity index (χ1n) is 9.07. The van der Waals surface area contributed by atoms with Crippen LogP contribution in [0.3, 0.4) is 0 Å². The zero-order chi connectivity index (χ0) is 20.1. The number of hydrogen-bond acceptors (Lipinski definition) is 4. The first-order valence-corrected chi connectivity index (χ1v) is 9.07. The summed E-state index contributed by atoms with van der Waals surface area (Å²) < 4.78 is 44.8. The number of carbonyl (C=O) groups is 1. The molecule has 150 valence electrons. The van der Waals surface area contributed by atoms with Crippen LogP contribution in [0.15, 0.2) is 42.5 Å². The Labute approximate surface area is 161 Å². The van der Waals surface area contributed by atoms with E-state index in [4.69, 9.17) is 4.74 Å². The molecule has 2 heterocycles. The van der Waals surface area contributed by atoms with Crippen LogP contribution in [0, 0.1) is 6.92 Å². The number of nitrogens with zero attached hydrogens (tertiary/aromatic N) is 3. The summed E-state index contributed by atoms with van der Waals surface area (Å²) in [5.74, 6) is -0.420. The fraction of sp³-hybridized carbons (Fsp3) is 0.400. The van der Waals surface area contributed by atoms with Gasteiger partial charge in [-0.05, 0) is 37.3 Å². The molecular formula is C20H22F3N3O2. The van der Waals surface area contributed by atoms with Crippen LogP contribution in [0.5, 0.6) is 0 Å². The maximum absolute atomic E-state index is 13.1. The second kappa shape index (κ2) is 8.70. The zero-order valence-electron chi connectivity index (χ0n) is 15.6. The molecule has 0 atom stereocenters. The summed E-state index contributed by atoms with van der Waals surface area (Å²) in [6.45, 7) is 5.24. The predicted molar refractivity (Wildman–Crippen MR) is 99.4 cm³/mol. The van der Waals surface area contributed by atoms with Crippen molar-refractivity contribution in [3.05, 3.63) is 59.4 Å². The van der Waals surface area contributed by atoms with Gasteiger partial charge in [0, 0.05) is 37.6 Å². The zero-order valence-corrected chi connectivity index (χ0v) is 15.6. The van der Waals surface area contributed by atoms with Crippen LogP contribution >= 0.6 is 0 Å². The maximum atomic E-state index is 13.1. The molecule has 1 aliphatic heterocycles. The number of aromatic nitrogens is 1. The number of benzene rings is 1. The lowest BCUT2D eigenvalue weighted by molar-refractivity contribution is -0.137. The fourth-order valence-electron chi connectivity index (χ4n) is 3.06. The van der Waals surface area contributed by atoms with E-state index in [0.29, 0.717) is 25.5 Å². The van der Waals surface area contributed by atoms with Crippen LogP contribution in [0.1, 0.15) is 21.7 Å². The van der Waals surface area contributed by atoms with Crippen molar-refractivity contribution in [3.8, 4) is 0 Å². The molecule has 0 radical (unpaired) electrons. The Morgan fingerprint density at radius 3 is 2.57 bits per heavy atom. The van der Waals surface area contributed by atoms with Crippen LogP contribution in [-0.4, -0.2) is 55.2 Å². The molecule has 28 heavy (non-hydrogen) atoms. The van der Waals surface area contributed by atoms with Gasteiger partial charge in [-0.3, -0.25) is 9.69 Å². The Balaban J connectivity index is 1.88. The third-order valence-electron chi connectivity index (χ3n) is 4.58. The third-order valence-corrected chi connectivity index (χ3v) is 4.58. The molecule has 5 nitrogen and oxygen atoms in total. The quantitative estimate of drug-likeness (QED) is 0.781. The molecule has 1 aliphatic rings. The van der Waals surface area contributed by atoms with Crippen LogP contribution in [0.4, 0.5) is 18.9 Å². The first-order chi connectivity index (χ1) is 13.3. The number of carbonyl (C=O) groups excluding carboxylic acids is 1. The molecule has 0 unspecified atom stereocenters. The van der Waals surface area contributed by atoms with Gasteiger partial charge in [-0.15, -0.1) is 0 Å². The second-order valence-corrected chi connectivity index (χ2v) is 6.62. The number of ether oxygens (including phenoxy) is 1. The Morgan fingerprint density at radius 2 is 1.89 bits per heavy atom. The number of pyridine rings is 1. The molecule has 0 aliphatic carbocycles. The van der Waals surface area contributed by atoms with Crippen molar-refractivity contribution in [2.75, 3.05) is 44.3 Å². The van der Waals surface area contributed by atoms with Gasteiger partial charge in [0.1, 0.15) is 5.69 Å². The first kappa shape index (κ1) is 20.3. The lowest BCUT2D eigenvalue weighted by Gasteiger charge is -2.30. The SMILES string of the molecule is Cc1cccc(C(=O)N(CCN2CCOCC2)c2cccc(C(F)(F)F)c2)n1. The smallest absolute Gasteiger partial charge is 0.379 e. The summed E-state index contributed by atoms with van der Waals surface area (Å²) in [5.41, 5.74) is 0.296. The van der Waals surface area contributed by atoms with Crippen LogP contribution < -0.4 is 4.90 Å². The van der Waals surface area contributed by atoms with Crippen LogP contribution in [0.25, 0.3) is 0 Å². The topological polar surface area (TPSA) is 45.7 Å². The Morgan fingerprint density at radius 1 is 1.18 bits per heavy atom. The van der Waals surface area contributed by atoms with Crippen molar-refractivity contribution in [2.45, 2.75) is 13.1 Å². The van der Waals surface area contributed by atoms with Gasteiger partial charge < -0.3 is 9.64 Å². The molecule has 3 rings (SSSR count). The number of amides is 1. The Hall–Kier alpha value is -2.45. The summed E-state index contributed by atoms with van der Waals surface area (Å²) in [7, 11) is 0. The molecule has 0 saturated carbocycles. The number of aryl methyl sites for hydroxylation is 1. The van der Waals surface area contributed by atoms with E-state index in [9.17, 15) is 18.0 Å². The van der Waals surface area contributed by atoms with Gasteiger partial charge in [0.05, 0.1) is 18.8 Å². The number of morpholine rings is 1. The summed E-state index contributed by atoms with van der Waals surface area (Å²) in [6, 6.07) is 9.89. The maximum Gasteiger partial charge on any atom is 0.416 e. The van der Waals surface area contributed by atoms with E-state index in [1.165, 1.54) is 17.0 Å². The second-order valence-electron chi connectivity index (χ2n) is 6.62. The van der Waals surface area contributed by atoms with Gasteiger partial charge in [0.15, 0.2) is 0 Å². The highest BCUT2D eigenvalue weighted by atomic mass is 19.4. The van der Waals surface area contributed by atoms with Crippen molar-refractivity contribution in [1.29, 1.82) is 0 Å².